The molecule has 4 nitrogen and oxygen atoms in total. The number of benzene rings is 1. The smallest absolute Gasteiger partial charge is 0.410 e. The average Bonchev–Trinajstić information content (AvgIpc) is 2.42. The van der Waals surface area contributed by atoms with Crippen LogP contribution in [0.1, 0.15) is 19.4 Å². The number of amides is 1. The van der Waals surface area contributed by atoms with Crippen LogP contribution < -0.4 is 0 Å². The van der Waals surface area contributed by atoms with Gasteiger partial charge in [-0.05, 0) is 19.4 Å². The van der Waals surface area contributed by atoms with Crippen molar-refractivity contribution in [3.05, 3.63) is 35.9 Å². The van der Waals surface area contributed by atoms with Gasteiger partial charge >= 0.3 is 6.09 Å². The molecule has 0 radical (unpaired) electrons. The van der Waals surface area contributed by atoms with Crippen LogP contribution in [0.4, 0.5) is 4.79 Å². The Hall–Kier alpha value is -2.02. The summed E-state index contributed by atoms with van der Waals surface area (Å²) in [5.74, 6) is -0.186. The fourth-order valence-corrected chi connectivity index (χ4v) is 1.51. The van der Waals surface area contributed by atoms with E-state index in [4.69, 9.17) is 10.00 Å². The summed E-state index contributed by atoms with van der Waals surface area (Å²) in [6, 6.07) is 11.6. The topological polar surface area (TPSA) is 53.3 Å². The van der Waals surface area contributed by atoms with E-state index >= 15 is 0 Å². The van der Waals surface area contributed by atoms with E-state index in [1.807, 2.05) is 37.3 Å². The molecule has 1 aromatic rings. The molecule has 0 saturated heterocycles. The molecule has 0 aliphatic heterocycles. The van der Waals surface area contributed by atoms with E-state index in [1.165, 1.54) is 4.90 Å². The highest BCUT2D eigenvalue weighted by atomic mass is 16.6. The third kappa shape index (κ3) is 4.46. The summed E-state index contributed by atoms with van der Waals surface area (Å²) in [5.41, 5.74) is 0.954. The first-order valence-electron chi connectivity index (χ1n) is 6.02. The molecule has 0 saturated carbocycles. The number of carbonyl (C=O) groups is 1. The Labute approximate surface area is 108 Å². The minimum atomic E-state index is -0.372. The van der Waals surface area contributed by atoms with Crippen molar-refractivity contribution < 1.29 is 9.53 Å². The normalized spacial score (nSPS) is 11.4. The number of rotatable bonds is 5. The van der Waals surface area contributed by atoms with Crippen molar-refractivity contribution in [1.82, 2.24) is 4.90 Å². The van der Waals surface area contributed by atoms with Gasteiger partial charge in [-0.2, -0.15) is 5.26 Å². The molecule has 1 atom stereocenters. The highest BCUT2D eigenvalue weighted by molar-refractivity contribution is 5.67. The lowest BCUT2D eigenvalue weighted by molar-refractivity contribution is 0.0955. The van der Waals surface area contributed by atoms with Gasteiger partial charge in [0.25, 0.3) is 0 Å². The van der Waals surface area contributed by atoms with Crippen LogP contribution in [-0.4, -0.2) is 24.1 Å². The lowest BCUT2D eigenvalue weighted by Gasteiger charge is -2.21. The Kier molecular flexibility index (Phi) is 5.72. The summed E-state index contributed by atoms with van der Waals surface area (Å²) >= 11 is 0. The standard InChI is InChI=1S/C14H18N2O2/c1-3-16(10-12(2)9-15)14(17)18-11-13-7-5-4-6-8-13/h4-8,12H,3,10-11H2,1-2H3. The first-order valence-corrected chi connectivity index (χ1v) is 6.02. The zero-order valence-electron chi connectivity index (χ0n) is 10.8. The van der Waals surface area contributed by atoms with Gasteiger partial charge in [-0.1, -0.05) is 30.3 Å². The zero-order valence-corrected chi connectivity index (χ0v) is 10.8. The molecule has 1 amide bonds. The molecular weight excluding hydrogens is 228 g/mol. The predicted molar refractivity (Wildman–Crippen MR) is 68.7 cm³/mol. The maximum absolute atomic E-state index is 11.8. The third-order valence-corrected chi connectivity index (χ3v) is 2.56. The van der Waals surface area contributed by atoms with Gasteiger partial charge in [0.1, 0.15) is 6.61 Å². The van der Waals surface area contributed by atoms with Crippen LogP contribution >= 0.6 is 0 Å². The molecule has 18 heavy (non-hydrogen) atoms. The molecule has 0 N–H and O–H groups in total. The minimum absolute atomic E-state index is 0.186. The van der Waals surface area contributed by atoms with E-state index in [-0.39, 0.29) is 18.6 Å². The lowest BCUT2D eigenvalue weighted by atomic mass is 10.2. The second kappa shape index (κ2) is 7.33. The average molecular weight is 246 g/mol. The summed E-state index contributed by atoms with van der Waals surface area (Å²) in [4.78, 5) is 13.3. The molecule has 0 spiro atoms. The molecule has 96 valence electrons. The summed E-state index contributed by atoms with van der Waals surface area (Å²) in [5, 5.41) is 8.74. The van der Waals surface area contributed by atoms with Crippen LogP contribution in [0, 0.1) is 17.2 Å². The van der Waals surface area contributed by atoms with E-state index in [9.17, 15) is 4.79 Å². The van der Waals surface area contributed by atoms with Gasteiger partial charge in [-0.3, -0.25) is 0 Å². The molecule has 1 rings (SSSR count). The Balaban J connectivity index is 2.46. The molecule has 0 bridgehead atoms. The molecule has 0 fully saturated rings. The van der Waals surface area contributed by atoms with E-state index in [0.29, 0.717) is 13.1 Å². The maximum atomic E-state index is 11.8. The predicted octanol–water partition coefficient (Wildman–Crippen LogP) is 2.80. The SMILES string of the molecule is CCN(CC(C)C#N)C(=O)OCc1ccccc1. The van der Waals surface area contributed by atoms with Crippen molar-refractivity contribution in [3.8, 4) is 6.07 Å². The molecular formula is C14H18N2O2. The molecule has 4 heteroatoms. The Morgan fingerprint density at radius 3 is 2.67 bits per heavy atom. The van der Waals surface area contributed by atoms with Gasteiger partial charge in [-0.25, -0.2) is 4.79 Å². The molecule has 0 aromatic heterocycles. The Bertz CT molecular complexity index is 412. The first-order chi connectivity index (χ1) is 8.67. The number of ether oxygens (including phenoxy) is 1. The van der Waals surface area contributed by atoms with Gasteiger partial charge in [0.15, 0.2) is 0 Å². The third-order valence-electron chi connectivity index (χ3n) is 2.56. The fraction of sp³-hybridized carbons (Fsp3) is 0.429. The highest BCUT2D eigenvalue weighted by Gasteiger charge is 2.15. The molecule has 0 aliphatic carbocycles. The molecule has 1 unspecified atom stereocenters. The van der Waals surface area contributed by atoms with Gasteiger partial charge < -0.3 is 9.64 Å². The lowest BCUT2D eigenvalue weighted by Crippen LogP contribution is -2.34. The van der Waals surface area contributed by atoms with E-state index in [0.717, 1.165) is 5.56 Å². The maximum Gasteiger partial charge on any atom is 0.410 e. The first kappa shape index (κ1) is 14.0. The molecule has 1 aromatic carbocycles. The number of carbonyl (C=O) groups excluding carboxylic acids is 1. The van der Waals surface area contributed by atoms with Crippen molar-refractivity contribution in [2.45, 2.75) is 20.5 Å². The van der Waals surface area contributed by atoms with Crippen molar-refractivity contribution in [2.24, 2.45) is 5.92 Å². The second-order valence-electron chi connectivity index (χ2n) is 4.11. The van der Waals surface area contributed by atoms with Crippen molar-refractivity contribution in [3.63, 3.8) is 0 Å². The fourth-order valence-electron chi connectivity index (χ4n) is 1.51. The van der Waals surface area contributed by atoms with Gasteiger partial charge in [0.05, 0.1) is 12.0 Å². The number of nitriles is 1. The monoisotopic (exact) mass is 246 g/mol. The zero-order chi connectivity index (χ0) is 13.4. The Morgan fingerprint density at radius 2 is 2.11 bits per heavy atom. The summed E-state index contributed by atoms with van der Waals surface area (Å²) in [6.45, 7) is 4.86. The van der Waals surface area contributed by atoms with Crippen LogP contribution in [0.15, 0.2) is 30.3 Å². The van der Waals surface area contributed by atoms with Gasteiger partial charge in [-0.15, -0.1) is 0 Å². The van der Waals surface area contributed by atoms with Crippen LogP contribution in [0.25, 0.3) is 0 Å². The van der Waals surface area contributed by atoms with Gasteiger partial charge in [0, 0.05) is 13.1 Å². The van der Waals surface area contributed by atoms with E-state index < -0.39 is 0 Å². The van der Waals surface area contributed by atoms with Crippen LogP contribution in [0.3, 0.4) is 0 Å². The summed E-state index contributed by atoms with van der Waals surface area (Å²) in [6.07, 6.45) is -0.372. The van der Waals surface area contributed by atoms with Crippen molar-refractivity contribution in [2.75, 3.05) is 13.1 Å². The van der Waals surface area contributed by atoms with Crippen LogP contribution in [0.5, 0.6) is 0 Å². The summed E-state index contributed by atoms with van der Waals surface area (Å²) in [7, 11) is 0. The van der Waals surface area contributed by atoms with E-state index in [1.54, 1.807) is 6.92 Å². The second-order valence-corrected chi connectivity index (χ2v) is 4.11. The largest absolute Gasteiger partial charge is 0.445 e. The summed E-state index contributed by atoms with van der Waals surface area (Å²) < 4.78 is 5.20. The number of hydrogen-bond donors (Lipinski definition) is 0. The molecule has 0 heterocycles. The Morgan fingerprint density at radius 1 is 1.44 bits per heavy atom. The van der Waals surface area contributed by atoms with Crippen LogP contribution in [-0.2, 0) is 11.3 Å². The van der Waals surface area contributed by atoms with Crippen LogP contribution in [0.2, 0.25) is 0 Å². The highest BCUT2D eigenvalue weighted by Crippen LogP contribution is 2.05. The van der Waals surface area contributed by atoms with E-state index in [2.05, 4.69) is 6.07 Å². The molecule has 0 aliphatic rings. The van der Waals surface area contributed by atoms with Crippen molar-refractivity contribution >= 4 is 6.09 Å². The number of hydrogen-bond acceptors (Lipinski definition) is 3. The quantitative estimate of drug-likeness (QED) is 0.802. The van der Waals surface area contributed by atoms with Crippen molar-refractivity contribution in [1.29, 1.82) is 5.26 Å². The minimum Gasteiger partial charge on any atom is -0.445 e. The van der Waals surface area contributed by atoms with Gasteiger partial charge in [0.2, 0.25) is 0 Å². The number of nitrogens with zero attached hydrogens (tertiary/aromatic N) is 2.